The number of rotatable bonds is 3. The number of imidazole rings is 1. The standard InChI is InChI=1S/C18H17ClN4O2/c19-14-1-2-16(21-7-14)12-5-13-9-23(10-15-8-20-11-22-15)3-4-25-18(13)17(24)6-12/h1-2,5-8,11,24H,3-4,9-10H2,(H,20,22). The van der Waals surface area contributed by atoms with E-state index in [0.717, 1.165) is 35.6 Å². The molecule has 128 valence electrons. The molecular weight excluding hydrogens is 340 g/mol. The Labute approximate surface area is 150 Å². The summed E-state index contributed by atoms with van der Waals surface area (Å²) in [6.07, 6.45) is 5.09. The fraction of sp³-hybridized carbons (Fsp3) is 0.222. The summed E-state index contributed by atoms with van der Waals surface area (Å²) >= 11 is 5.91. The van der Waals surface area contributed by atoms with Gasteiger partial charge in [-0.05, 0) is 24.3 Å². The number of phenolic OH excluding ortho intramolecular Hbond substituents is 1. The van der Waals surface area contributed by atoms with Crippen LogP contribution in [0, 0.1) is 0 Å². The molecule has 0 saturated carbocycles. The first-order chi connectivity index (χ1) is 12.2. The van der Waals surface area contributed by atoms with Gasteiger partial charge in [0.05, 0.1) is 17.0 Å². The third kappa shape index (κ3) is 3.45. The zero-order valence-electron chi connectivity index (χ0n) is 13.4. The molecule has 6 nitrogen and oxygen atoms in total. The van der Waals surface area contributed by atoms with Crippen molar-refractivity contribution in [2.24, 2.45) is 0 Å². The number of fused-ring (bicyclic) bond motifs is 1. The number of nitrogens with zero attached hydrogens (tertiary/aromatic N) is 3. The zero-order chi connectivity index (χ0) is 17.2. The Morgan fingerprint density at radius 2 is 2.20 bits per heavy atom. The molecule has 0 radical (unpaired) electrons. The normalized spacial score (nSPS) is 14.6. The highest BCUT2D eigenvalue weighted by Crippen LogP contribution is 2.37. The molecule has 0 saturated heterocycles. The molecule has 3 aromatic rings. The van der Waals surface area contributed by atoms with Gasteiger partial charge in [-0.3, -0.25) is 9.88 Å². The van der Waals surface area contributed by atoms with E-state index in [1.807, 2.05) is 18.3 Å². The molecular formula is C18H17ClN4O2. The van der Waals surface area contributed by atoms with E-state index >= 15 is 0 Å². The van der Waals surface area contributed by atoms with E-state index in [1.54, 1.807) is 24.7 Å². The number of ether oxygens (including phenoxy) is 1. The first kappa shape index (κ1) is 15.9. The Bertz CT molecular complexity index is 866. The van der Waals surface area contributed by atoms with Gasteiger partial charge in [-0.25, -0.2) is 4.98 Å². The van der Waals surface area contributed by atoms with Crippen molar-refractivity contribution in [3.05, 3.63) is 59.3 Å². The van der Waals surface area contributed by atoms with Gasteiger partial charge in [-0.1, -0.05) is 11.6 Å². The summed E-state index contributed by atoms with van der Waals surface area (Å²) in [4.78, 5) is 13.8. The summed E-state index contributed by atoms with van der Waals surface area (Å²) in [5, 5.41) is 11.0. The van der Waals surface area contributed by atoms with Gasteiger partial charge < -0.3 is 14.8 Å². The number of hydrogen-bond acceptors (Lipinski definition) is 5. The van der Waals surface area contributed by atoms with Crippen molar-refractivity contribution >= 4 is 11.6 Å². The van der Waals surface area contributed by atoms with Crippen molar-refractivity contribution < 1.29 is 9.84 Å². The summed E-state index contributed by atoms with van der Waals surface area (Å²) in [6, 6.07) is 7.31. The van der Waals surface area contributed by atoms with Crippen molar-refractivity contribution in [2.75, 3.05) is 13.2 Å². The van der Waals surface area contributed by atoms with Gasteiger partial charge in [-0.2, -0.15) is 0 Å². The molecule has 1 aliphatic rings. The fourth-order valence-corrected chi connectivity index (χ4v) is 3.11. The van der Waals surface area contributed by atoms with Crippen LogP contribution in [0.1, 0.15) is 11.3 Å². The maximum atomic E-state index is 10.4. The smallest absolute Gasteiger partial charge is 0.165 e. The molecule has 2 N–H and O–H groups in total. The number of pyridine rings is 1. The number of hydrogen-bond donors (Lipinski definition) is 2. The largest absolute Gasteiger partial charge is 0.504 e. The summed E-state index contributed by atoms with van der Waals surface area (Å²) < 4.78 is 5.78. The summed E-state index contributed by atoms with van der Waals surface area (Å²) in [5.74, 6) is 0.678. The highest BCUT2D eigenvalue weighted by molar-refractivity contribution is 6.30. The van der Waals surface area contributed by atoms with Crippen LogP contribution in [0.2, 0.25) is 5.02 Å². The number of aromatic nitrogens is 3. The number of aromatic amines is 1. The molecule has 0 amide bonds. The van der Waals surface area contributed by atoms with Crippen molar-refractivity contribution in [1.82, 2.24) is 19.9 Å². The number of aromatic hydroxyl groups is 1. The predicted octanol–water partition coefficient (Wildman–Crippen LogP) is 3.23. The Hall–Kier alpha value is -2.57. The summed E-state index contributed by atoms with van der Waals surface area (Å²) in [6.45, 7) is 2.70. The van der Waals surface area contributed by atoms with Crippen molar-refractivity contribution in [1.29, 1.82) is 0 Å². The molecule has 0 unspecified atom stereocenters. The van der Waals surface area contributed by atoms with Crippen LogP contribution in [0.4, 0.5) is 0 Å². The second-order valence-corrected chi connectivity index (χ2v) is 6.42. The highest BCUT2D eigenvalue weighted by Gasteiger charge is 2.20. The molecule has 0 atom stereocenters. The average Bonchev–Trinajstić information content (AvgIpc) is 3.01. The van der Waals surface area contributed by atoms with Crippen molar-refractivity contribution in [3.8, 4) is 22.8 Å². The monoisotopic (exact) mass is 356 g/mol. The van der Waals surface area contributed by atoms with Crippen LogP contribution < -0.4 is 4.74 Å². The van der Waals surface area contributed by atoms with Crippen LogP contribution in [0.3, 0.4) is 0 Å². The van der Waals surface area contributed by atoms with Gasteiger partial charge in [-0.15, -0.1) is 0 Å². The Balaban J connectivity index is 1.65. The summed E-state index contributed by atoms with van der Waals surface area (Å²) in [7, 11) is 0. The third-order valence-electron chi connectivity index (χ3n) is 4.17. The number of phenols is 1. The second kappa shape index (κ2) is 6.74. The number of benzene rings is 1. The molecule has 0 bridgehead atoms. The van der Waals surface area contributed by atoms with E-state index < -0.39 is 0 Å². The lowest BCUT2D eigenvalue weighted by Crippen LogP contribution is -2.25. The first-order valence-corrected chi connectivity index (χ1v) is 8.37. The van der Waals surface area contributed by atoms with Gasteiger partial charge in [0.15, 0.2) is 11.5 Å². The van der Waals surface area contributed by atoms with Gasteiger partial charge in [0, 0.05) is 48.8 Å². The number of H-pyrrole nitrogens is 1. The van der Waals surface area contributed by atoms with Crippen molar-refractivity contribution in [3.63, 3.8) is 0 Å². The van der Waals surface area contributed by atoms with E-state index in [1.165, 1.54) is 0 Å². The van der Waals surface area contributed by atoms with Crippen molar-refractivity contribution in [2.45, 2.75) is 13.1 Å². The average molecular weight is 357 g/mol. The Morgan fingerprint density at radius 3 is 2.96 bits per heavy atom. The van der Waals surface area contributed by atoms with Crippen LogP contribution in [-0.2, 0) is 13.1 Å². The Kier molecular flexibility index (Phi) is 4.29. The maximum absolute atomic E-state index is 10.4. The van der Waals surface area contributed by atoms with Gasteiger partial charge in [0.25, 0.3) is 0 Å². The molecule has 2 aromatic heterocycles. The van der Waals surface area contributed by atoms with Crippen LogP contribution >= 0.6 is 11.6 Å². The quantitative estimate of drug-likeness (QED) is 0.753. The van der Waals surface area contributed by atoms with E-state index in [0.29, 0.717) is 23.9 Å². The number of nitrogens with one attached hydrogen (secondary N) is 1. The topological polar surface area (TPSA) is 74.3 Å². The van der Waals surface area contributed by atoms with E-state index in [9.17, 15) is 5.11 Å². The maximum Gasteiger partial charge on any atom is 0.165 e. The number of halogens is 1. The minimum Gasteiger partial charge on any atom is -0.504 e. The molecule has 0 aliphatic carbocycles. The molecule has 1 aliphatic heterocycles. The molecule has 0 spiro atoms. The zero-order valence-corrected chi connectivity index (χ0v) is 14.2. The highest BCUT2D eigenvalue weighted by atomic mass is 35.5. The van der Waals surface area contributed by atoms with E-state index in [-0.39, 0.29) is 5.75 Å². The third-order valence-corrected chi connectivity index (χ3v) is 4.39. The SMILES string of the molecule is Oc1cc(-c2ccc(Cl)cn2)cc2c1OCCN(Cc1cnc[nH]1)C2. The second-order valence-electron chi connectivity index (χ2n) is 5.98. The van der Waals surface area contributed by atoms with Gasteiger partial charge >= 0.3 is 0 Å². The fourth-order valence-electron chi connectivity index (χ4n) is 2.99. The van der Waals surface area contributed by atoms with Gasteiger partial charge in [0.2, 0.25) is 0 Å². The predicted molar refractivity (Wildman–Crippen MR) is 94.5 cm³/mol. The van der Waals surface area contributed by atoms with Crippen LogP contribution in [0.5, 0.6) is 11.5 Å². The van der Waals surface area contributed by atoms with Crippen LogP contribution in [-0.4, -0.2) is 38.1 Å². The first-order valence-electron chi connectivity index (χ1n) is 7.99. The minimum absolute atomic E-state index is 0.132. The minimum atomic E-state index is 0.132. The lowest BCUT2D eigenvalue weighted by molar-refractivity contribution is 0.215. The Morgan fingerprint density at radius 1 is 1.28 bits per heavy atom. The molecule has 4 rings (SSSR count). The lowest BCUT2D eigenvalue weighted by atomic mass is 10.0. The molecule has 0 fully saturated rings. The molecule has 7 heteroatoms. The van der Waals surface area contributed by atoms with Crippen LogP contribution in [0.25, 0.3) is 11.3 Å². The van der Waals surface area contributed by atoms with E-state index in [2.05, 4.69) is 19.9 Å². The lowest BCUT2D eigenvalue weighted by Gasteiger charge is -2.18. The molecule has 25 heavy (non-hydrogen) atoms. The molecule has 3 heterocycles. The van der Waals surface area contributed by atoms with Crippen LogP contribution in [0.15, 0.2) is 43.0 Å². The van der Waals surface area contributed by atoms with E-state index in [4.69, 9.17) is 16.3 Å². The summed E-state index contributed by atoms with van der Waals surface area (Å²) in [5.41, 5.74) is 3.57. The van der Waals surface area contributed by atoms with Gasteiger partial charge in [0.1, 0.15) is 6.61 Å². The molecule has 1 aromatic carbocycles.